The molecule has 1 N–H and O–H groups in total. The van der Waals surface area contributed by atoms with E-state index in [4.69, 9.17) is 5.11 Å². The second-order valence-electron chi connectivity index (χ2n) is 5.76. The average Bonchev–Trinajstić information content (AvgIpc) is 2.87. The first-order valence-corrected chi connectivity index (χ1v) is 6.38. The van der Waals surface area contributed by atoms with Gasteiger partial charge in [-0.25, -0.2) is 4.39 Å². The monoisotopic (exact) mass is 360 g/mol. The van der Waals surface area contributed by atoms with Crippen molar-refractivity contribution in [2.75, 3.05) is 0 Å². The maximum absolute atomic E-state index is 14.5. The van der Waals surface area contributed by atoms with Crippen LogP contribution in [0.3, 0.4) is 0 Å². The van der Waals surface area contributed by atoms with Crippen molar-refractivity contribution in [3.63, 3.8) is 0 Å². The molecule has 0 aromatic heterocycles. The van der Waals surface area contributed by atoms with Crippen molar-refractivity contribution < 1.29 is 49.0 Å². The van der Waals surface area contributed by atoms with E-state index in [0.717, 1.165) is 0 Å². The molecule has 0 spiro atoms. The summed E-state index contributed by atoms with van der Waals surface area (Å²) in [5, 5.41) is 9.05. The standard InChI is InChI=1S/C12H10F10O/c13-9(12(20,21)22)6-2-1-5(3-6)7(9)4-8(23,10(14,15)16)11(17,18)19/h6,23H,1-4H2. The lowest BCUT2D eigenvalue weighted by Crippen LogP contribution is -2.59. The van der Waals surface area contributed by atoms with E-state index in [1.165, 1.54) is 0 Å². The Kier molecular flexibility index (Phi) is 3.80. The van der Waals surface area contributed by atoms with Gasteiger partial charge < -0.3 is 5.11 Å². The van der Waals surface area contributed by atoms with Crippen molar-refractivity contribution in [3.8, 4) is 0 Å². The summed E-state index contributed by atoms with van der Waals surface area (Å²) in [5.41, 5.74) is -11.8. The van der Waals surface area contributed by atoms with Gasteiger partial charge in [0.05, 0.1) is 0 Å². The van der Waals surface area contributed by atoms with Gasteiger partial charge in [0.15, 0.2) is 0 Å². The highest BCUT2D eigenvalue weighted by Gasteiger charge is 2.75. The lowest BCUT2D eigenvalue weighted by atomic mass is 9.77. The van der Waals surface area contributed by atoms with Crippen LogP contribution in [0, 0.1) is 5.92 Å². The molecule has 2 atom stereocenters. The van der Waals surface area contributed by atoms with Crippen LogP contribution in [0.5, 0.6) is 0 Å². The van der Waals surface area contributed by atoms with Gasteiger partial charge in [-0.1, -0.05) is 5.57 Å². The summed E-state index contributed by atoms with van der Waals surface area (Å²) in [5.74, 6) is -1.75. The van der Waals surface area contributed by atoms with Crippen LogP contribution in [-0.4, -0.2) is 34.9 Å². The van der Waals surface area contributed by atoms with E-state index in [1.807, 2.05) is 0 Å². The third kappa shape index (κ3) is 2.42. The van der Waals surface area contributed by atoms with Gasteiger partial charge in [0.2, 0.25) is 5.67 Å². The van der Waals surface area contributed by atoms with Crippen molar-refractivity contribution in [1.29, 1.82) is 0 Å². The molecule has 0 aromatic rings. The van der Waals surface area contributed by atoms with Crippen LogP contribution in [-0.2, 0) is 0 Å². The Morgan fingerprint density at radius 1 is 0.957 bits per heavy atom. The van der Waals surface area contributed by atoms with Gasteiger partial charge in [0.1, 0.15) is 0 Å². The molecule has 134 valence electrons. The minimum atomic E-state index is -6.30. The molecule has 2 unspecified atom stereocenters. The zero-order valence-electron chi connectivity index (χ0n) is 11.1. The molecule has 1 fully saturated rings. The van der Waals surface area contributed by atoms with E-state index in [0.29, 0.717) is 0 Å². The number of hydrogen-bond donors (Lipinski definition) is 1. The Labute approximate surface area is 123 Å². The second kappa shape index (κ2) is 4.76. The Morgan fingerprint density at radius 2 is 1.43 bits per heavy atom. The molecular weight excluding hydrogens is 350 g/mol. The summed E-state index contributed by atoms with van der Waals surface area (Å²) in [4.78, 5) is 0. The van der Waals surface area contributed by atoms with Crippen molar-refractivity contribution in [3.05, 3.63) is 11.1 Å². The van der Waals surface area contributed by atoms with Gasteiger partial charge in [-0.15, -0.1) is 0 Å². The number of halogens is 10. The molecule has 2 rings (SSSR count). The smallest absolute Gasteiger partial charge is 0.373 e. The zero-order valence-corrected chi connectivity index (χ0v) is 11.1. The fraction of sp³-hybridized carbons (Fsp3) is 0.833. The molecule has 23 heavy (non-hydrogen) atoms. The van der Waals surface area contributed by atoms with Crippen LogP contribution in [0.1, 0.15) is 25.7 Å². The van der Waals surface area contributed by atoms with Crippen LogP contribution >= 0.6 is 0 Å². The number of hydrogen-bond acceptors (Lipinski definition) is 1. The van der Waals surface area contributed by atoms with Crippen LogP contribution in [0.4, 0.5) is 43.9 Å². The predicted molar refractivity (Wildman–Crippen MR) is 55.9 cm³/mol. The third-order valence-corrected chi connectivity index (χ3v) is 4.50. The van der Waals surface area contributed by atoms with E-state index >= 15 is 0 Å². The van der Waals surface area contributed by atoms with E-state index in [-0.39, 0.29) is 12.8 Å². The number of fused-ring (bicyclic) bond motifs is 2. The van der Waals surface area contributed by atoms with Gasteiger partial charge in [-0.3, -0.25) is 0 Å². The normalized spacial score (nSPS) is 29.6. The SMILES string of the molecule is OC(CC1=C2CCC(C2)C1(F)C(F)(F)F)(C(F)(F)F)C(F)(F)F. The quantitative estimate of drug-likeness (QED) is 0.563. The second-order valence-corrected chi connectivity index (χ2v) is 5.76. The number of rotatable bonds is 2. The molecule has 2 aliphatic carbocycles. The van der Waals surface area contributed by atoms with Gasteiger partial charge in [-0.05, 0) is 24.8 Å². The van der Waals surface area contributed by atoms with E-state index < -0.39 is 59.7 Å². The Morgan fingerprint density at radius 3 is 1.83 bits per heavy atom. The Hall–Kier alpha value is -1.00. The topological polar surface area (TPSA) is 20.2 Å². The summed E-state index contributed by atoms with van der Waals surface area (Å²) >= 11 is 0. The van der Waals surface area contributed by atoms with Crippen LogP contribution in [0.15, 0.2) is 11.1 Å². The molecule has 0 aliphatic heterocycles. The molecule has 2 bridgehead atoms. The molecule has 0 amide bonds. The van der Waals surface area contributed by atoms with E-state index in [9.17, 15) is 43.9 Å². The summed E-state index contributed by atoms with van der Waals surface area (Å²) in [6.07, 6.45) is -21.9. The summed E-state index contributed by atoms with van der Waals surface area (Å²) in [6, 6.07) is 0. The molecule has 0 aromatic carbocycles. The summed E-state index contributed by atoms with van der Waals surface area (Å²) < 4.78 is 129. The molecule has 1 saturated carbocycles. The Bertz CT molecular complexity index is 511. The average molecular weight is 360 g/mol. The van der Waals surface area contributed by atoms with E-state index in [1.54, 1.807) is 0 Å². The van der Waals surface area contributed by atoms with Crippen molar-refractivity contribution in [2.24, 2.45) is 5.92 Å². The number of aliphatic hydroxyl groups is 1. The maximum atomic E-state index is 14.5. The fourth-order valence-electron chi connectivity index (χ4n) is 3.24. The zero-order chi connectivity index (χ0) is 18.1. The Balaban J connectivity index is 2.53. The molecule has 1 nitrogen and oxygen atoms in total. The van der Waals surface area contributed by atoms with Crippen LogP contribution < -0.4 is 0 Å². The van der Waals surface area contributed by atoms with Crippen LogP contribution in [0.25, 0.3) is 0 Å². The summed E-state index contributed by atoms with van der Waals surface area (Å²) in [6.45, 7) is 0. The third-order valence-electron chi connectivity index (χ3n) is 4.50. The molecule has 0 heterocycles. The van der Waals surface area contributed by atoms with Crippen molar-refractivity contribution in [1.82, 2.24) is 0 Å². The fourth-order valence-corrected chi connectivity index (χ4v) is 3.24. The molecular formula is C12H10F10O. The minimum absolute atomic E-state index is 0.215. The first-order chi connectivity index (χ1) is 10.1. The van der Waals surface area contributed by atoms with Crippen molar-refractivity contribution >= 4 is 0 Å². The first-order valence-electron chi connectivity index (χ1n) is 6.38. The lowest BCUT2D eigenvalue weighted by molar-refractivity contribution is -0.369. The maximum Gasteiger partial charge on any atom is 0.426 e. The largest absolute Gasteiger partial charge is 0.426 e. The van der Waals surface area contributed by atoms with Gasteiger partial charge in [0, 0.05) is 12.3 Å². The molecule has 2 aliphatic rings. The number of allylic oxidation sites excluding steroid dienone is 1. The van der Waals surface area contributed by atoms with Crippen LogP contribution in [0.2, 0.25) is 0 Å². The molecule has 0 saturated heterocycles. The highest BCUT2D eigenvalue weighted by Crippen LogP contribution is 2.62. The highest BCUT2D eigenvalue weighted by molar-refractivity contribution is 5.40. The number of alkyl halides is 10. The van der Waals surface area contributed by atoms with Gasteiger partial charge in [0.25, 0.3) is 5.60 Å². The van der Waals surface area contributed by atoms with Gasteiger partial charge >= 0.3 is 18.5 Å². The van der Waals surface area contributed by atoms with Crippen molar-refractivity contribution in [2.45, 2.75) is 55.5 Å². The highest BCUT2D eigenvalue weighted by atomic mass is 19.4. The summed E-state index contributed by atoms with van der Waals surface area (Å²) in [7, 11) is 0. The lowest BCUT2D eigenvalue weighted by Gasteiger charge is -2.39. The van der Waals surface area contributed by atoms with Gasteiger partial charge in [-0.2, -0.15) is 39.5 Å². The first kappa shape index (κ1) is 18.3. The van der Waals surface area contributed by atoms with E-state index in [2.05, 4.69) is 0 Å². The predicted octanol–water partition coefficient (Wildman–Crippen LogP) is 4.61. The minimum Gasteiger partial charge on any atom is -0.373 e. The molecule has 11 heteroatoms. The molecule has 0 radical (unpaired) electrons.